The van der Waals surface area contributed by atoms with Gasteiger partial charge in [-0.1, -0.05) is 24.3 Å². The van der Waals surface area contributed by atoms with Gasteiger partial charge in [0.25, 0.3) is 11.5 Å². The number of amides is 1. The number of piperazine rings is 1. The molecule has 7 nitrogen and oxygen atoms in total. The van der Waals surface area contributed by atoms with Crippen molar-refractivity contribution in [3.8, 4) is 11.8 Å². The minimum atomic E-state index is -0.120. The zero-order chi connectivity index (χ0) is 24.4. The fourth-order valence-corrected chi connectivity index (χ4v) is 4.54. The van der Waals surface area contributed by atoms with Crippen molar-refractivity contribution in [2.24, 2.45) is 0 Å². The van der Waals surface area contributed by atoms with Crippen molar-refractivity contribution in [1.82, 2.24) is 19.4 Å². The van der Waals surface area contributed by atoms with E-state index in [9.17, 15) is 9.59 Å². The number of rotatable bonds is 4. The van der Waals surface area contributed by atoms with Gasteiger partial charge in [0.1, 0.15) is 5.82 Å². The van der Waals surface area contributed by atoms with E-state index >= 15 is 0 Å². The Morgan fingerprint density at radius 2 is 1.63 bits per heavy atom. The van der Waals surface area contributed by atoms with Gasteiger partial charge in [-0.05, 0) is 61.0 Å². The number of aryl methyl sites for hydroxylation is 1. The number of fused-ring (bicyclic) bond motifs is 1. The number of para-hydroxylation sites is 1. The largest absolute Gasteiger partial charge is 0.336 e. The fourth-order valence-electron chi connectivity index (χ4n) is 4.54. The zero-order valence-electron chi connectivity index (χ0n) is 19.5. The molecule has 35 heavy (non-hydrogen) atoms. The summed E-state index contributed by atoms with van der Waals surface area (Å²) in [6.07, 6.45) is 0. The molecule has 5 rings (SSSR count). The third kappa shape index (κ3) is 4.57. The molecule has 2 heterocycles. The van der Waals surface area contributed by atoms with Crippen LogP contribution in [0.3, 0.4) is 0 Å². The highest BCUT2D eigenvalue weighted by Gasteiger charge is 2.22. The molecule has 0 aliphatic carbocycles. The molecule has 1 amide bonds. The molecular formula is C28H25N5O2. The average molecular weight is 464 g/mol. The van der Waals surface area contributed by atoms with Crippen molar-refractivity contribution in [2.45, 2.75) is 13.5 Å². The molecule has 1 aromatic heterocycles. The van der Waals surface area contributed by atoms with Crippen molar-refractivity contribution in [3.63, 3.8) is 0 Å². The van der Waals surface area contributed by atoms with E-state index in [1.165, 1.54) is 0 Å². The Labute approximate surface area is 203 Å². The molecule has 0 saturated carbocycles. The first-order valence-corrected chi connectivity index (χ1v) is 11.6. The summed E-state index contributed by atoms with van der Waals surface area (Å²) in [5, 5.41) is 9.51. The molecule has 0 N–H and O–H groups in total. The maximum atomic E-state index is 13.1. The van der Waals surface area contributed by atoms with E-state index in [0.29, 0.717) is 46.6 Å². The highest BCUT2D eigenvalue weighted by Crippen LogP contribution is 2.16. The van der Waals surface area contributed by atoms with Gasteiger partial charge in [0, 0.05) is 38.3 Å². The van der Waals surface area contributed by atoms with E-state index in [1.807, 2.05) is 54.3 Å². The van der Waals surface area contributed by atoms with Crippen molar-refractivity contribution < 1.29 is 4.79 Å². The van der Waals surface area contributed by atoms with Gasteiger partial charge in [-0.25, -0.2) is 4.98 Å². The third-order valence-electron chi connectivity index (χ3n) is 6.46. The molecule has 1 aliphatic rings. The van der Waals surface area contributed by atoms with Gasteiger partial charge in [0.15, 0.2) is 0 Å². The van der Waals surface area contributed by atoms with Crippen molar-refractivity contribution >= 4 is 16.8 Å². The van der Waals surface area contributed by atoms with Gasteiger partial charge in [0.2, 0.25) is 0 Å². The normalized spacial score (nSPS) is 14.1. The average Bonchev–Trinajstić information content (AvgIpc) is 2.89. The van der Waals surface area contributed by atoms with Crippen LogP contribution in [0.2, 0.25) is 0 Å². The SMILES string of the molecule is Cc1nc2ccccc2c(=O)n1-c1ccc(C(=O)N2CCN(Cc3ccc(C#N)cc3)CC2)cc1. The standard InChI is InChI=1S/C28H25N5O2/c1-20-30-26-5-3-2-4-25(26)28(35)33(20)24-12-10-23(11-13-24)27(34)32-16-14-31(15-17-32)19-22-8-6-21(18-29)7-9-22/h2-13H,14-17,19H2,1H3. The molecule has 174 valence electrons. The lowest BCUT2D eigenvalue weighted by Crippen LogP contribution is -2.48. The lowest BCUT2D eigenvalue weighted by atomic mass is 10.1. The Bertz CT molecular complexity index is 1480. The summed E-state index contributed by atoms with van der Waals surface area (Å²) in [6.45, 7) is 5.51. The number of aromatic nitrogens is 2. The van der Waals surface area contributed by atoms with E-state index in [-0.39, 0.29) is 11.5 Å². The molecule has 0 atom stereocenters. The Morgan fingerprint density at radius 3 is 2.31 bits per heavy atom. The second-order valence-corrected chi connectivity index (χ2v) is 8.74. The van der Waals surface area contributed by atoms with Crippen LogP contribution in [0.4, 0.5) is 0 Å². The van der Waals surface area contributed by atoms with Crippen molar-refractivity contribution in [1.29, 1.82) is 5.26 Å². The minimum Gasteiger partial charge on any atom is -0.336 e. The Balaban J connectivity index is 1.26. The maximum Gasteiger partial charge on any atom is 0.265 e. The molecule has 0 spiro atoms. The van der Waals surface area contributed by atoms with Gasteiger partial charge in [-0.2, -0.15) is 5.26 Å². The first-order chi connectivity index (χ1) is 17.0. The molecule has 1 fully saturated rings. The number of benzene rings is 3. The van der Waals surface area contributed by atoms with Crippen molar-refractivity contribution in [3.05, 3.63) is 106 Å². The number of carbonyl (C=O) groups is 1. The highest BCUT2D eigenvalue weighted by atomic mass is 16.2. The van der Waals surface area contributed by atoms with Gasteiger partial charge < -0.3 is 4.90 Å². The second-order valence-electron chi connectivity index (χ2n) is 8.74. The Morgan fingerprint density at radius 1 is 0.943 bits per heavy atom. The predicted molar refractivity (Wildman–Crippen MR) is 134 cm³/mol. The number of hydrogen-bond acceptors (Lipinski definition) is 5. The molecule has 1 saturated heterocycles. The van der Waals surface area contributed by atoms with Crippen LogP contribution >= 0.6 is 0 Å². The van der Waals surface area contributed by atoms with E-state index in [1.54, 1.807) is 34.9 Å². The van der Waals surface area contributed by atoms with E-state index in [0.717, 1.165) is 25.2 Å². The summed E-state index contributed by atoms with van der Waals surface area (Å²) in [7, 11) is 0. The quantitative estimate of drug-likeness (QED) is 0.463. The molecule has 7 heteroatoms. The lowest BCUT2D eigenvalue weighted by molar-refractivity contribution is 0.0628. The molecule has 1 aliphatic heterocycles. The third-order valence-corrected chi connectivity index (χ3v) is 6.46. The van der Waals surface area contributed by atoms with Gasteiger partial charge in [0.05, 0.1) is 28.2 Å². The summed E-state index contributed by atoms with van der Waals surface area (Å²) >= 11 is 0. The second kappa shape index (κ2) is 9.53. The van der Waals surface area contributed by atoms with Crippen LogP contribution in [-0.2, 0) is 6.54 Å². The number of hydrogen-bond donors (Lipinski definition) is 0. The van der Waals surface area contributed by atoms with E-state index < -0.39 is 0 Å². The summed E-state index contributed by atoms with van der Waals surface area (Å²) in [5.74, 6) is 0.599. The van der Waals surface area contributed by atoms with Crippen LogP contribution < -0.4 is 5.56 Å². The topological polar surface area (TPSA) is 82.2 Å². The number of carbonyl (C=O) groups excluding carboxylic acids is 1. The van der Waals surface area contributed by atoms with Gasteiger partial charge in [-0.3, -0.25) is 19.1 Å². The molecular weight excluding hydrogens is 438 g/mol. The number of nitriles is 1. The van der Waals surface area contributed by atoms with Crippen LogP contribution in [0.25, 0.3) is 16.6 Å². The number of nitrogens with zero attached hydrogens (tertiary/aromatic N) is 5. The monoisotopic (exact) mass is 463 g/mol. The van der Waals surface area contributed by atoms with Crippen LogP contribution in [0, 0.1) is 18.3 Å². The summed E-state index contributed by atoms with van der Waals surface area (Å²) in [6, 6.07) is 24.3. The minimum absolute atomic E-state index is 0.00437. The van der Waals surface area contributed by atoms with Crippen LogP contribution in [0.15, 0.2) is 77.6 Å². The first kappa shape index (κ1) is 22.5. The van der Waals surface area contributed by atoms with Crippen LogP contribution in [0.5, 0.6) is 0 Å². The lowest BCUT2D eigenvalue weighted by Gasteiger charge is -2.34. The van der Waals surface area contributed by atoms with E-state index in [4.69, 9.17) is 5.26 Å². The zero-order valence-corrected chi connectivity index (χ0v) is 19.5. The van der Waals surface area contributed by atoms with Crippen LogP contribution in [-0.4, -0.2) is 51.4 Å². The summed E-state index contributed by atoms with van der Waals surface area (Å²) in [5.41, 5.74) is 3.67. The first-order valence-electron chi connectivity index (χ1n) is 11.6. The Hall–Kier alpha value is -4.28. The van der Waals surface area contributed by atoms with Crippen LogP contribution in [0.1, 0.15) is 27.3 Å². The maximum absolute atomic E-state index is 13.1. The van der Waals surface area contributed by atoms with Gasteiger partial charge >= 0.3 is 0 Å². The summed E-state index contributed by atoms with van der Waals surface area (Å²) < 4.78 is 1.58. The summed E-state index contributed by atoms with van der Waals surface area (Å²) in [4.78, 5) is 34.9. The Kier molecular flexibility index (Phi) is 6.13. The molecule has 0 radical (unpaired) electrons. The molecule has 4 aromatic rings. The molecule has 0 unspecified atom stereocenters. The smallest absolute Gasteiger partial charge is 0.265 e. The predicted octanol–water partition coefficient (Wildman–Crippen LogP) is 3.52. The molecule has 0 bridgehead atoms. The van der Waals surface area contributed by atoms with E-state index in [2.05, 4.69) is 16.0 Å². The van der Waals surface area contributed by atoms with Gasteiger partial charge in [-0.15, -0.1) is 0 Å². The molecule has 3 aromatic carbocycles. The van der Waals surface area contributed by atoms with Crippen molar-refractivity contribution in [2.75, 3.05) is 26.2 Å². The highest BCUT2D eigenvalue weighted by molar-refractivity contribution is 5.94. The fraction of sp³-hybridized carbons (Fsp3) is 0.214.